The molecule has 0 unspecified atom stereocenters. The van der Waals surface area contributed by atoms with E-state index < -0.39 is 5.97 Å². The molecule has 4 nitrogen and oxygen atoms in total. The Hall–Kier alpha value is -3.66. The van der Waals surface area contributed by atoms with Crippen molar-refractivity contribution in [2.45, 2.75) is 0 Å². The third kappa shape index (κ3) is 2.58. The minimum atomic E-state index is -1.02. The molecule has 3 aromatic rings. The number of benzene rings is 3. The number of hydrogen-bond acceptors (Lipinski definition) is 3. The zero-order valence-electron chi connectivity index (χ0n) is 13.8. The van der Waals surface area contributed by atoms with E-state index in [4.69, 9.17) is 0 Å². The van der Waals surface area contributed by atoms with Gasteiger partial charge in [0.05, 0.1) is 22.5 Å². The Bertz CT molecular complexity index is 1050. The zero-order chi connectivity index (χ0) is 18.1. The van der Waals surface area contributed by atoms with Crippen molar-refractivity contribution in [3.05, 3.63) is 101 Å². The van der Waals surface area contributed by atoms with E-state index in [2.05, 4.69) is 5.32 Å². The predicted octanol–water partition coefficient (Wildman–Crippen LogP) is 4.56. The molecule has 0 atom stereocenters. The summed E-state index contributed by atoms with van der Waals surface area (Å²) in [5.74, 6) is -1.09. The van der Waals surface area contributed by atoms with Crippen LogP contribution in [0.1, 0.15) is 31.8 Å². The van der Waals surface area contributed by atoms with E-state index >= 15 is 0 Å². The topological polar surface area (TPSA) is 66.4 Å². The van der Waals surface area contributed by atoms with Crippen molar-refractivity contribution in [1.29, 1.82) is 0 Å². The number of hydrogen-bond donors (Lipinski definition) is 2. The maximum Gasteiger partial charge on any atom is 0.337 e. The fourth-order valence-electron chi connectivity index (χ4n) is 3.21. The SMILES string of the molecule is O=C(O)c1ccccc1NC1=C(c2ccccc2)C(=O)c2ccccc21. The number of allylic oxidation sites excluding steroid dienone is 1. The third-order valence-corrected chi connectivity index (χ3v) is 4.40. The average Bonchev–Trinajstić information content (AvgIpc) is 2.95. The quantitative estimate of drug-likeness (QED) is 0.730. The molecule has 0 spiro atoms. The number of carbonyl (C=O) groups is 2. The maximum atomic E-state index is 13.0. The zero-order valence-corrected chi connectivity index (χ0v) is 13.8. The highest BCUT2D eigenvalue weighted by Crippen LogP contribution is 2.39. The summed E-state index contributed by atoms with van der Waals surface area (Å²) in [7, 11) is 0. The fraction of sp³-hybridized carbons (Fsp3) is 0. The van der Waals surface area contributed by atoms with Crippen LogP contribution in [0.5, 0.6) is 0 Å². The van der Waals surface area contributed by atoms with Crippen LogP contribution in [0.4, 0.5) is 5.69 Å². The number of para-hydroxylation sites is 1. The number of rotatable bonds is 4. The standard InChI is InChI=1S/C22H15NO3/c24-21-16-11-5-4-10-15(16)20(19(21)14-8-2-1-3-9-14)23-18-13-7-6-12-17(18)22(25)26/h1-13,23H,(H,25,26). The third-order valence-electron chi connectivity index (χ3n) is 4.40. The minimum Gasteiger partial charge on any atom is -0.478 e. The van der Waals surface area contributed by atoms with Gasteiger partial charge in [-0.1, -0.05) is 66.7 Å². The molecule has 0 aliphatic heterocycles. The lowest BCUT2D eigenvalue weighted by atomic mass is 10.0. The van der Waals surface area contributed by atoms with Crippen molar-refractivity contribution < 1.29 is 14.7 Å². The first kappa shape index (κ1) is 15.8. The van der Waals surface area contributed by atoms with Crippen LogP contribution in [0.3, 0.4) is 0 Å². The van der Waals surface area contributed by atoms with Crippen LogP contribution >= 0.6 is 0 Å². The first-order valence-corrected chi connectivity index (χ1v) is 8.20. The number of fused-ring (bicyclic) bond motifs is 1. The summed E-state index contributed by atoms with van der Waals surface area (Å²) in [5.41, 5.74) is 3.97. The Morgan fingerprint density at radius 3 is 2.12 bits per heavy atom. The molecular formula is C22H15NO3. The van der Waals surface area contributed by atoms with Crippen molar-refractivity contribution in [3.63, 3.8) is 0 Å². The number of carboxylic acids is 1. The van der Waals surface area contributed by atoms with Gasteiger partial charge in [0, 0.05) is 11.1 Å². The summed E-state index contributed by atoms with van der Waals surface area (Å²) in [6.07, 6.45) is 0. The molecule has 3 aromatic carbocycles. The van der Waals surface area contributed by atoms with Gasteiger partial charge in [-0.05, 0) is 17.7 Å². The number of nitrogens with one attached hydrogen (secondary N) is 1. The van der Waals surface area contributed by atoms with E-state index in [1.807, 2.05) is 48.5 Å². The molecule has 126 valence electrons. The van der Waals surface area contributed by atoms with Crippen molar-refractivity contribution in [1.82, 2.24) is 0 Å². The van der Waals surface area contributed by atoms with Gasteiger partial charge in [0.2, 0.25) is 0 Å². The first-order valence-electron chi connectivity index (χ1n) is 8.20. The Morgan fingerprint density at radius 2 is 1.38 bits per heavy atom. The number of ketones is 1. The van der Waals surface area contributed by atoms with Crippen LogP contribution in [-0.4, -0.2) is 16.9 Å². The van der Waals surface area contributed by atoms with Gasteiger partial charge in [0.25, 0.3) is 0 Å². The molecule has 0 radical (unpaired) electrons. The lowest BCUT2D eigenvalue weighted by Gasteiger charge is -2.13. The monoisotopic (exact) mass is 341 g/mol. The van der Waals surface area contributed by atoms with Gasteiger partial charge in [-0.3, -0.25) is 4.79 Å². The Balaban J connectivity index is 1.91. The van der Waals surface area contributed by atoms with Crippen LogP contribution < -0.4 is 5.32 Å². The van der Waals surface area contributed by atoms with Gasteiger partial charge in [-0.15, -0.1) is 0 Å². The molecule has 4 heteroatoms. The van der Waals surface area contributed by atoms with Gasteiger partial charge in [0.15, 0.2) is 5.78 Å². The highest BCUT2D eigenvalue weighted by molar-refractivity contribution is 6.40. The van der Waals surface area contributed by atoms with Crippen LogP contribution in [0.15, 0.2) is 78.9 Å². The molecule has 0 amide bonds. The summed E-state index contributed by atoms with van der Waals surface area (Å²) in [4.78, 5) is 24.5. The van der Waals surface area contributed by atoms with Gasteiger partial charge in [-0.25, -0.2) is 4.79 Å². The molecule has 1 aliphatic rings. The lowest BCUT2D eigenvalue weighted by Crippen LogP contribution is -2.06. The Kier molecular flexibility index (Phi) is 3.86. The van der Waals surface area contributed by atoms with E-state index in [1.54, 1.807) is 24.3 Å². The summed E-state index contributed by atoms with van der Waals surface area (Å²) in [6.45, 7) is 0. The number of carboxylic acid groups (broad SMARTS) is 1. The maximum absolute atomic E-state index is 13.0. The Morgan fingerprint density at radius 1 is 0.769 bits per heavy atom. The minimum absolute atomic E-state index is 0.0675. The highest BCUT2D eigenvalue weighted by Gasteiger charge is 2.30. The molecule has 2 N–H and O–H groups in total. The summed E-state index contributed by atoms with van der Waals surface area (Å²) >= 11 is 0. The smallest absolute Gasteiger partial charge is 0.337 e. The molecular weight excluding hydrogens is 326 g/mol. The highest BCUT2D eigenvalue weighted by atomic mass is 16.4. The molecule has 0 saturated heterocycles. The van der Waals surface area contributed by atoms with Gasteiger partial charge >= 0.3 is 5.97 Å². The second-order valence-electron chi connectivity index (χ2n) is 5.97. The first-order chi connectivity index (χ1) is 12.7. The molecule has 4 rings (SSSR count). The van der Waals surface area contributed by atoms with Crippen molar-refractivity contribution in [3.8, 4) is 0 Å². The molecule has 0 bridgehead atoms. The van der Waals surface area contributed by atoms with Crippen molar-refractivity contribution >= 4 is 28.7 Å². The summed E-state index contributed by atoms with van der Waals surface area (Å²) in [6, 6.07) is 23.4. The van der Waals surface area contributed by atoms with E-state index in [-0.39, 0.29) is 11.3 Å². The summed E-state index contributed by atoms with van der Waals surface area (Å²) in [5, 5.41) is 12.7. The number of aromatic carboxylic acids is 1. The molecule has 26 heavy (non-hydrogen) atoms. The second-order valence-corrected chi connectivity index (χ2v) is 5.97. The van der Waals surface area contributed by atoms with Crippen LogP contribution in [0.25, 0.3) is 11.3 Å². The molecule has 0 aromatic heterocycles. The fourth-order valence-corrected chi connectivity index (χ4v) is 3.21. The second kappa shape index (κ2) is 6.33. The normalized spacial score (nSPS) is 12.8. The molecule has 0 fully saturated rings. The van der Waals surface area contributed by atoms with E-state index in [0.29, 0.717) is 22.5 Å². The van der Waals surface area contributed by atoms with Gasteiger partial charge in [0.1, 0.15) is 0 Å². The van der Waals surface area contributed by atoms with Crippen molar-refractivity contribution in [2.75, 3.05) is 5.32 Å². The molecule has 1 aliphatic carbocycles. The van der Waals surface area contributed by atoms with Gasteiger partial charge < -0.3 is 10.4 Å². The predicted molar refractivity (Wildman–Crippen MR) is 101 cm³/mol. The van der Waals surface area contributed by atoms with Crippen LogP contribution in [-0.2, 0) is 0 Å². The number of Topliss-reactive ketones (excluding diaryl/α,β-unsaturated/α-hetero) is 1. The lowest BCUT2D eigenvalue weighted by molar-refractivity contribution is 0.0698. The summed E-state index contributed by atoms with van der Waals surface area (Å²) < 4.78 is 0. The van der Waals surface area contributed by atoms with E-state index in [1.165, 1.54) is 6.07 Å². The van der Waals surface area contributed by atoms with Gasteiger partial charge in [-0.2, -0.15) is 0 Å². The average molecular weight is 341 g/mol. The van der Waals surface area contributed by atoms with E-state index in [9.17, 15) is 14.7 Å². The number of carbonyl (C=O) groups excluding carboxylic acids is 1. The number of anilines is 1. The van der Waals surface area contributed by atoms with Crippen LogP contribution in [0, 0.1) is 0 Å². The Labute approximate surface area is 150 Å². The molecule has 0 heterocycles. The van der Waals surface area contributed by atoms with Crippen molar-refractivity contribution in [2.24, 2.45) is 0 Å². The largest absolute Gasteiger partial charge is 0.478 e. The van der Waals surface area contributed by atoms with E-state index in [0.717, 1.165) is 11.1 Å². The van der Waals surface area contributed by atoms with Crippen LogP contribution in [0.2, 0.25) is 0 Å². The molecule has 0 saturated carbocycles.